The maximum Gasteiger partial charge on any atom is 0.306 e. The largest absolute Gasteiger partial charge is 0.462 e. The third-order valence-electron chi connectivity index (χ3n) is 16.5. The SMILES string of the molecule is CC/C=C\C/C=C\C/C=C\C/C=C\C/C=C\CCCCCCCCCCCCCCCCCCCCCCCCCC(=O)OC(CO)COC(=O)CCCCCCCCCCCCCCCCCCC/C=C\CCCCCCCCCC. The van der Waals surface area contributed by atoms with Crippen LogP contribution in [0.25, 0.3) is 0 Å². The van der Waals surface area contributed by atoms with Crippen molar-refractivity contribution in [2.45, 2.75) is 392 Å². The van der Waals surface area contributed by atoms with Gasteiger partial charge in [0.15, 0.2) is 6.10 Å². The second kappa shape index (κ2) is 72.6. The quantitative estimate of drug-likeness (QED) is 0.0373. The number of hydrogen-bond acceptors (Lipinski definition) is 5. The minimum atomic E-state index is -0.772. The molecule has 5 nitrogen and oxygen atoms in total. The Labute approximate surface area is 512 Å². The molecule has 0 heterocycles. The second-order valence-corrected chi connectivity index (χ2v) is 24.6. The van der Waals surface area contributed by atoms with Crippen LogP contribution in [0.2, 0.25) is 0 Å². The average Bonchev–Trinajstić information content (AvgIpc) is 3.49. The summed E-state index contributed by atoms with van der Waals surface area (Å²) >= 11 is 0. The Hall–Kier alpha value is -2.66. The molecular weight excluding hydrogens is 1000 g/mol. The van der Waals surface area contributed by atoms with Crippen LogP contribution in [0.15, 0.2) is 72.9 Å². The van der Waals surface area contributed by atoms with Crippen LogP contribution in [0.1, 0.15) is 386 Å². The van der Waals surface area contributed by atoms with Crippen molar-refractivity contribution in [2.75, 3.05) is 13.2 Å². The summed E-state index contributed by atoms with van der Waals surface area (Å²) in [6.45, 7) is 4.08. The highest BCUT2D eigenvalue weighted by molar-refractivity contribution is 5.70. The van der Waals surface area contributed by atoms with Gasteiger partial charge in [0.25, 0.3) is 0 Å². The number of aliphatic hydroxyl groups is 1. The molecule has 0 rings (SSSR count). The first-order chi connectivity index (χ1) is 40.6. The van der Waals surface area contributed by atoms with Crippen molar-refractivity contribution in [3.8, 4) is 0 Å². The van der Waals surface area contributed by atoms with Gasteiger partial charge in [-0.1, -0.05) is 363 Å². The lowest BCUT2D eigenvalue weighted by Gasteiger charge is -2.15. The van der Waals surface area contributed by atoms with Gasteiger partial charge in [-0.15, -0.1) is 0 Å². The van der Waals surface area contributed by atoms with E-state index in [-0.39, 0.29) is 25.2 Å². The van der Waals surface area contributed by atoms with Crippen molar-refractivity contribution in [2.24, 2.45) is 0 Å². The molecular formula is C77H140O5. The summed E-state index contributed by atoms with van der Waals surface area (Å²) in [6.07, 6.45) is 101. The number of aliphatic hydroxyl groups excluding tert-OH is 1. The van der Waals surface area contributed by atoms with Gasteiger partial charge in [-0.2, -0.15) is 0 Å². The molecule has 0 aromatic carbocycles. The highest BCUT2D eigenvalue weighted by Gasteiger charge is 2.16. The van der Waals surface area contributed by atoms with E-state index in [4.69, 9.17) is 9.47 Å². The lowest BCUT2D eigenvalue weighted by atomic mass is 10.0. The lowest BCUT2D eigenvalue weighted by Crippen LogP contribution is -2.28. The number of allylic oxidation sites excluding steroid dienone is 12. The van der Waals surface area contributed by atoms with Crippen molar-refractivity contribution in [3.63, 3.8) is 0 Å². The molecule has 0 aromatic heterocycles. The lowest BCUT2D eigenvalue weighted by molar-refractivity contribution is -0.161. The maximum absolute atomic E-state index is 12.4. The van der Waals surface area contributed by atoms with Crippen LogP contribution in [0, 0.1) is 0 Å². The van der Waals surface area contributed by atoms with E-state index in [2.05, 4.69) is 86.8 Å². The van der Waals surface area contributed by atoms with Crippen LogP contribution in [-0.4, -0.2) is 36.4 Å². The van der Waals surface area contributed by atoms with E-state index >= 15 is 0 Å². The Kier molecular flexibility index (Phi) is 70.2. The van der Waals surface area contributed by atoms with Crippen molar-refractivity contribution in [1.29, 1.82) is 0 Å². The van der Waals surface area contributed by atoms with Gasteiger partial charge in [0.2, 0.25) is 0 Å². The fourth-order valence-corrected chi connectivity index (χ4v) is 11.1. The minimum absolute atomic E-state index is 0.0609. The first-order valence-corrected chi connectivity index (χ1v) is 36.5. The van der Waals surface area contributed by atoms with E-state index in [1.165, 1.54) is 289 Å². The van der Waals surface area contributed by atoms with Gasteiger partial charge >= 0.3 is 11.9 Å². The molecule has 1 unspecified atom stereocenters. The zero-order valence-electron chi connectivity index (χ0n) is 55.0. The summed E-state index contributed by atoms with van der Waals surface area (Å²) in [5, 5.41) is 9.71. The summed E-state index contributed by atoms with van der Waals surface area (Å²) in [7, 11) is 0. The Bertz CT molecular complexity index is 1440. The van der Waals surface area contributed by atoms with Gasteiger partial charge in [0.05, 0.1) is 6.61 Å². The molecule has 0 aromatic rings. The summed E-state index contributed by atoms with van der Waals surface area (Å²) in [5.41, 5.74) is 0. The van der Waals surface area contributed by atoms with E-state index in [1.807, 2.05) is 0 Å². The molecule has 0 fully saturated rings. The topological polar surface area (TPSA) is 72.8 Å². The van der Waals surface area contributed by atoms with Crippen LogP contribution in [0.5, 0.6) is 0 Å². The van der Waals surface area contributed by atoms with Gasteiger partial charge < -0.3 is 14.6 Å². The molecule has 0 aliphatic carbocycles. The molecule has 0 saturated heterocycles. The van der Waals surface area contributed by atoms with Crippen LogP contribution in [0.3, 0.4) is 0 Å². The van der Waals surface area contributed by atoms with Gasteiger partial charge in [0, 0.05) is 12.8 Å². The molecule has 82 heavy (non-hydrogen) atoms. The van der Waals surface area contributed by atoms with Crippen molar-refractivity contribution in [3.05, 3.63) is 72.9 Å². The normalized spacial score (nSPS) is 12.6. The Morgan fingerprint density at radius 1 is 0.293 bits per heavy atom. The Morgan fingerprint density at radius 3 is 0.805 bits per heavy atom. The molecule has 0 saturated carbocycles. The number of hydrogen-bond donors (Lipinski definition) is 1. The minimum Gasteiger partial charge on any atom is -0.462 e. The second-order valence-electron chi connectivity index (χ2n) is 24.6. The van der Waals surface area contributed by atoms with E-state index in [9.17, 15) is 14.7 Å². The van der Waals surface area contributed by atoms with Crippen molar-refractivity contribution >= 4 is 11.9 Å². The highest BCUT2D eigenvalue weighted by Crippen LogP contribution is 2.19. The number of unbranched alkanes of at least 4 members (excludes halogenated alkanes) is 48. The maximum atomic E-state index is 12.4. The summed E-state index contributed by atoms with van der Waals surface area (Å²) < 4.78 is 10.8. The molecule has 478 valence electrons. The first-order valence-electron chi connectivity index (χ1n) is 36.5. The van der Waals surface area contributed by atoms with E-state index in [0.717, 1.165) is 70.6 Å². The van der Waals surface area contributed by atoms with E-state index < -0.39 is 6.10 Å². The van der Waals surface area contributed by atoms with E-state index in [0.29, 0.717) is 12.8 Å². The molecule has 1 N–H and O–H groups in total. The molecule has 0 aliphatic heterocycles. The zero-order valence-corrected chi connectivity index (χ0v) is 55.0. The fraction of sp³-hybridized carbons (Fsp3) is 0.818. The number of carbonyl (C=O) groups excluding carboxylic acids is 2. The van der Waals surface area contributed by atoms with Crippen LogP contribution >= 0.6 is 0 Å². The van der Waals surface area contributed by atoms with Gasteiger partial charge in [-0.05, 0) is 83.5 Å². The Morgan fingerprint density at radius 2 is 0.524 bits per heavy atom. The van der Waals surface area contributed by atoms with Crippen molar-refractivity contribution in [1.82, 2.24) is 0 Å². The third-order valence-corrected chi connectivity index (χ3v) is 16.5. The van der Waals surface area contributed by atoms with Crippen LogP contribution in [-0.2, 0) is 19.1 Å². The smallest absolute Gasteiger partial charge is 0.306 e. The number of carbonyl (C=O) groups is 2. The molecule has 0 radical (unpaired) electrons. The van der Waals surface area contributed by atoms with Crippen LogP contribution in [0.4, 0.5) is 0 Å². The van der Waals surface area contributed by atoms with Crippen LogP contribution < -0.4 is 0 Å². The molecule has 0 bridgehead atoms. The monoisotopic (exact) mass is 1150 g/mol. The molecule has 0 amide bonds. The van der Waals surface area contributed by atoms with Gasteiger partial charge in [0.1, 0.15) is 6.61 Å². The fourth-order valence-electron chi connectivity index (χ4n) is 11.1. The standard InChI is InChI=1S/C77H140O5/c1-3-5-7-9-11-13-15-17-19-21-23-25-27-29-31-33-34-35-36-37-38-39-40-41-42-44-46-48-50-52-54-56-58-60-62-64-66-68-70-72-77(80)82-75(73-78)74-81-76(79)71-69-67-65-63-61-59-57-55-53-51-49-47-45-43-32-30-28-26-24-22-20-18-16-14-12-10-8-6-4-2/h5,7,11,13,17,19,22-25,29,31,75,78H,3-4,6,8-10,12,14-16,18,20-21,26-28,30,32-74H2,1-2H3/b7-5-,13-11-,19-17-,24-22-,25-23-,31-29-. The number of rotatable bonds is 68. The average molecular weight is 1150 g/mol. The number of esters is 2. The third kappa shape index (κ3) is 69.8. The van der Waals surface area contributed by atoms with Gasteiger partial charge in [-0.3, -0.25) is 9.59 Å². The summed E-state index contributed by atoms with van der Waals surface area (Å²) in [4.78, 5) is 24.7. The summed E-state index contributed by atoms with van der Waals surface area (Å²) in [5.74, 6) is -0.568. The highest BCUT2D eigenvalue weighted by atomic mass is 16.6. The van der Waals surface area contributed by atoms with Gasteiger partial charge in [-0.25, -0.2) is 0 Å². The predicted octanol–water partition coefficient (Wildman–Crippen LogP) is 25.4. The predicted molar refractivity (Wildman–Crippen MR) is 362 cm³/mol. The zero-order chi connectivity index (χ0) is 59.1. The van der Waals surface area contributed by atoms with Crippen molar-refractivity contribution < 1.29 is 24.2 Å². The number of ether oxygens (including phenoxy) is 2. The molecule has 1 atom stereocenters. The first kappa shape index (κ1) is 79.3. The summed E-state index contributed by atoms with van der Waals surface area (Å²) in [6, 6.07) is 0. The molecule has 0 aliphatic rings. The molecule has 0 spiro atoms. The van der Waals surface area contributed by atoms with E-state index in [1.54, 1.807) is 0 Å². The Balaban J connectivity index is 3.39. The molecule has 5 heteroatoms.